The number of hydrogen-bond acceptors (Lipinski definition) is 6. The van der Waals surface area contributed by atoms with Crippen LogP contribution in [0.25, 0.3) is 0 Å². The molecule has 8 heteroatoms. The fourth-order valence-electron chi connectivity index (χ4n) is 3.86. The van der Waals surface area contributed by atoms with Crippen molar-refractivity contribution in [3.8, 4) is 0 Å². The van der Waals surface area contributed by atoms with Gasteiger partial charge in [0.05, 0.1) is 18.8 Å². The summed E-state index contributed by atoms with van der Waals surface area (Å²) >= 11 is 0. The van der Waals surface area contributed by atoms with Crippen molar-refractivity contribution in [1.29, 1.82) is 0 Å². The van der Waals surface area contributed by atoms with Gasteiger partial charge in [0, 0.05) is 32.8 Å². The summed E-state index contributed by atoms with van der Waals surface area (Å²) in [5, 5.41) is 6.75. The average molecular weight is 335 g/mol. The first-order valence-electron chi connectivity index (χ1n) is 8.92. The molecule has 4 heterocycles. The smallest absolute Gasteiger partial charge is 0.251 e. The highest BCUT2D eigenvalue weighted by molar-refractivity contribution is 5.81. The normalized spacial score (nSPS) is 31.7. The number of aromatic nitrogens is 3. The number of carbonyl (C=O) groups excluding carboxylic acids is 1. The number of aromatic amines is 1. The molecular formula is C16H25N5O3. The quantitative estimate of drug-likeness (QED) is 0.845. The van der Waals surface area contributed by atoms with Crippen molar-refractivity contribution >= 4 is 5.91 Å². The molecule has 1 aromatic heterocycles. The number of rotatable bonds is 4. The summed E-state index contributed by atoms with van der Waals surface area (Å²) in [6.07, 6.45) is 5.48. The van der Waals surface area contributed by atoms with Gasteiger partial charge in [-0.05, 0) is 25.7 Å². The van der Waals surface area contributed by atoms with E-state index in [4.69, 9.17) is 9.47 Å². The van der Waals surface area contributed by atoms with Crippen LogP contribution in [0.2, 0.25) is 0 Å². The molecule has 3 saturated heterocycles. The number of carbonyl (C=O) groups is 1. The lowest BCUT2D eigenvalue weighted by atomic mass is 10.1. The van der Waals surface area contributed by atoms with Crippen LogP contribution in [0.4, 0.5) is 0 Å². The highest BCUT2D eigenvalue weighted by Crippen LogP contribution is 2.29. The number of hydrogen-bond donors (Lipinski definition) is 1. The lowest BCUT2D eigenvalue weighted by molar-refractivity contribution is -0.147. The van der Waals surface area contributed by atoms with E-state index in [1.807, 2.05) is 4.90 Å². The van der Waals surface area contributed by atoms with Crippen LogP contribution in [-0.4, -0.2) is 82.0 Å². The molecule has 0 saturated carbocycles. The molecule has 1 aromatic rings. The number of ether oxygens (including phenoxy) is 2. The highest BCUT2D eigenvalue weighted by Gasteiger charge is 2.39. The maximum absolute atomic E-state index is 12.7. The molecule has 1 amide bonds. The first-order chi connectivity index (χ1) is 11.8. The van der Waals surface area contributed by atoms with Crippen molar-refractivity contribution < 1.29 is 14.3 Å². The minimum absolute atomic E-state index is 0.106. The lowest BCUT2D eigenvalue weighted by Gasteiger charge is -2.35. The van der Waals surface area contributed by atoms with Gasteiger partial charge in [0.15, 0.2) is 0 Å². The SMILES string of the molecule is O=C(C1CCC(C2CCCO2)O1)N1CCN(Cc2ncn[nH]2)CC1. The molecule has 3 aliphatic heterocycles. The molecule has 24 heavy (non-hydrogen) atoms. The van der Waals surface area contributed by atoms with Gasteiger partial charge in [-0.15, -0.1) is 0 Å². The van der Waals surface area contributed by atoms with Gasteiger partial charge in [-0.1, -0.05) is 0 Å². The van der Waals surface area contributed by atoms with Crippen molar-refractivity contribution in [2.24, 2.45) is 0 Å². The third-order valence-electron chi connectivity index (χ3n) is 5.23. The van der Waals surface area contributed by atoms with E-state index in [0.717, 1.165) is 70.8 Å². The Bertz CT molecular complexity index is 538. The molecule has 0 spiro atoms. The minimum Gasteiger partial charge on any atom is -0.376 e. The van der Waals surface area contributed by atoms with Gasteiger partial charge in [-0.25, -0.2) is 4.98 Å². The van der Waals surface area contributed by atoms with E-state index in [0.29, 0.717) is 0 Å². The van der Waals surface area contributed by atoms with E-state index in [1.54, 1.807) is 0 Å². The van der Waals surface area contributed by atoms with Gasteiger partial charge in [0.1, 0.15) is 18.3 Å². The zero-order valence-corrected chi connectivity index (χ0v) is 13.9. The van der Waals surface area contributed by atoms with Gasteiger partial charge in [-0.3, -0.25) is 14.8 Å². The molecule has 0 aliphatic carbocycles. The first-order valence-corrected chi connectivity index (χ1v) is 8.92. The number of nitrogens with zero attached hydrogens (tertiary/aromatic N) is 4. The summed E-state index contributed by atoms with van der Waals surface area (Å²) < 4.78 is 11.7. The largest absolute Gasteiger partial charge is 0.376 e. The van der Waals surface area contributed by atoms with Crippen molar-refractivity contribution in [2.75, 3.05) is 32.8 Å². The Hall–Kier alpha value is -1.51. The second kappa shape index (κ2) is 7.16. The molecule has 132 valence electrons. The predicted octanol–water partition coefficient (Wildman–Crippen LogP) is 0.176. The van der Waals surface area contributed by atoms with E-state index < -0.39 is 0 Å². The second-order valence-corrected chi connectivity index (χ2v) is 6.83. The summed E-state index contributed by atoms with van der Waals surface area (Å²) in [4.78, 5) is 21.1. The molecule has 8 nitrogen and oxygen atoms in total. The molecule has 3 aliphatic rings. The van der Waals surface area contributed by atoms with Crippen molar-refractivity contribution in [3.63, 3.8) is 0 Å². The Morgan fingerprint density at radius 3 is 2.79 bits per heavy atom. The Labute approximate surface area is 141 Å². The second-order valence-electron chi connectivity index (χ2n) is 6.83. The maximum Gasteiger partial charge on any atom is 0.251 e. The molecule has 1 N–H and O–H groups in total. The lowest BCUT2D eigenvalue weighted by Crippen LogP contribution is -2.51. The average Bonchev–Trinajstić information content (AvgIpc) is 3.36. The molecular weight excluding hydrogens is 310 g/mol. The molecule has 3 atom stereocenters. The standard InChI is InChI=1S/C16H25N5O3/c22-16(14-4-3-13(24-14)12-2-1-9-23-12)21-7-5-20(6-8-21)10-15-17-11-18-19-15/h11-14H,1-10H2,(H,17,18,19). The molecule has 0 radical (unpaired) electrons. The van der Waals surface area contributed by atoms with Crippen molar-refractivity contribution in [3.05, 3.63) is 12.2 Å². The van der Waals surface area contributed by atoms with Gasteiger partial charge in [0.2, 0.25) is 0 Å². The van der Waals surface area contributed by atoms with E-state index in [-0.39, 0.29) is 24.2 Å². The van der Waals surface area contributed by atoms with E-state index in [2.05, 4.69) is 20.1 Å². The fraction of sp³-hybridized carbons (Fsp3) is 0.812. The fourth-order valence-corrected chi connectivity index (χ4v) is 3.86. The van der Waals surface area contributed by atoms with Crippen molar-refractivity contribution in [1.82, 2.24) is 25.0 Å². The number of H-pyrrole nitrogens is 1. The Balaban J connectivity index is 1.24. The molecule has 4 rings (SSSR count). The monoisotopic (exact) mass is 335 g/mol. The van der Waals surface area contributed by atoms with Gasteiger partial charge in [0.25, 0.3) is 5.91 Å². The third kappa shape index (κ3) is 3.45. The van der Waals surface area contributed by atoms with Crippen LogP contribution in [0.3, 0.4) is 0 Å². The predicted molar refractivity (Wildman–Crippen MR) is 85.1 cm³/mol. The van der Waals surface area contributed by atoms with Gasteiger partial charge < -0.3 is 14.4 Å². The van der Waals surface area contributed by atoms with Crippen molar-refractivity contribution in [2.45, 2.75) is 50.5 Å². The first kappa shape index (κ1) is 16.0. The Kier molecular flexibility index (Phi) is 4.77. The number of nitrogens with one attached hydrogen (secondary N) is 1. The minimum atomic E-state index is -0.278. The Morgan fingerprint density at radius 1 is 1.21 bits per heavy atom. The summed E-state index contributed by atoms with van der Waals surface area (Å²) in [5.41, 5.74) is 0. The van der Waals surface area contributed by atoms with Crippen LogP contribution in [0.15, 0.2) is 6.33 Å². The summed E-state index contributed by atoms with van der Waals surface area (Å²) in [6.45, 7) is 4.79. The maximum atomic E-state index is 12.7. The topological polar surface area (TPSA) is 83.6 Å². The zero-order valence-electron chi connectivity index (χ0n) is 13.9. The van der Waals surface area contributed by atoms with Crippen LogP contribution in [0.1, 0.15) is 31.5 Å². The third-order valence-corrected chi connectivity index (χ3v) is 5.23. The molecule has 3 fully saturated rings. The highest BCUT2D eigenvalue weighted by atomic mass is 16.6. The van der Waals surface area contributed by atoms with E-state index in [1.165, 1.54) is 6.33 Å². The zero-order chi connectivity index (χ0) is 16.4. The summed E-state index contributed by atoms with van der Waals surface area (Å²) in [7, 11) is 0. The molecule has 0 bridgehead atoms. The number of piperazine rings is 1. The van der Waals surface area contributed by atoms with Gasteiger partial charge >= 0.3 is 0 Å². The van der Waals surface area contributed by atoms with Crippen LogP contribution in [-0.2, 0) is 20.8 Å². The van der Waals surface area contributed by atoms with Crippen LogP contribution in [0, 0.1) is 0 Å². The molecule has 0 aromatic carbocycles. The molecule has 3 unspecified atom stereocenters. The number of amides is 1. The van der Waals surface area contributed by atoms with Crippen LogP contribution >= 0.6 is 0 Å². The van der Waals surface area contributed by atoms with E-state index >= 15 is 0 Å². The Morgan fingerprint density at radius 2 is 2.08 bits per heavy atom. The van der Waals surface area contributed by atoms with E-state index in [9.17, 15) is 4.79 Å². The van der Waals surface area contributed by atoms with Crippen LogP contribution in [0.5, 0.6) is 0 Å². The van der Waals surface area contributed by atoms with Crippen LogP contribution < -0.4 is 0 Å². The summed E-state index contributed by atoms with van der Waals surface area (Å²) in [6, 6.07) is 0. The van der Waals surface area contributed by atoms with Gasteiger partial charge in [-0.2, -0.15) is 5.10 Å². The summed E-state index contributed by atoms with van der Waals surface area (Å²) in [5.74, 6) is 1.02.